The van der Waals surface area contributed by atoms with Crippen molar-refractivity contribution in [2.24, 2.45) is 0 Å². The number of anilines is 1. The van der Waals surface area contributed by atoms with Gasteiger partial charge >= 0.3 is 5.82 Å². The van der Waals surface area contributed by atoms with Gasteiger partial charge < -0.3 is 10.1 Å². The van der Waals surface area contributed by atoms with Gasteiger partial charge in [-0.25, -0.2) is 14.1 Å². The summed E-state index contributed by atoms with van der Waals surface area (Å²) in [5, 5.41) is 20.9. The van der Waals surface area contributed by atoms with Crippen molar-refractivity contribution in [1.82, 2.24) is 24.5 Å². The number of rotatable bonds is 7. The van der Waals surface area contributed by atoms with E-state index in [9.17, 15) is 19.3 Å². The van der Waals surface area contributed by atoms with E-state index in [0.29, 0.717) is 6.54 Å². The standard InChI is InChI=1S/C15H14FN7O3/c16-12-3-1-11(2-4-12)9-22-10-17-15(20-22)18-14(24)6-8-21-7-5-13(19-21)23(25)26/h1-5,7,10H,6,8-9H2,(H,18,20,24). The van der Waals surface area contributed by atoms with Gasteiger partial charge in [0.1, 0.15) is 12.1 Å². The number of benzene rings is 1. The SMILES string of the molecule is O=C(CCn1ccc([N+](=O)[O-])n1)Nc1ncn(Cc2ccc(F)cc2)n1. The number of hydrogen-bond acceptors (Lipinski definition) is 6. The molecule has 0 bridgehead atoms. The highest BCUT2D eigenvalue weighted by Gasteiger charge is 2.12. The second kappa shape index (κ2) is 7.51. The molecule has 2 heterocycles. The van der Waals surface area contributed by atoms with E-state index in [0.717, 1.165) is 5.56 Å². The number of nitro groups is 1. The van der Waals surface area contributed by atoms with Gasteiger partial charge in [0, 0.05) is 6.42 Å². The number of halogens is 1. The van der Waals surface area contributed by atoms with Crippen LogP contribution in [0.5, 0.6) is 0 Å². The van der Waals surface area contributed by atoms with E-state index in [1.165, 1.54) is 40.1 Å². The molecule has 3 aromatic rings. The first-order chi connectivity index (χ1) is 12.5. The lowest BCUT2D eigenvalue weighted by Gasteiger charge is -2.01. The quantitative estimate of drug-likeness (QED) is 0.505. The first-order valence-corrected chi connectivity index (χ1v) is 7.61. The van der Waals surface area contributed by atoms with Crippen LogP contribution in [0.15, 0.2) is 42.9 Å². The fraction of sp³-hybridized carbons (Fsp3) is 0.200. The third kappa shape index (κ3) is 4.47. The topological polar surface area (TPSA) is 121 Å². The minimum atomic E-state index is -0.603. The normalized spacial score (nSPS) is 10.7. The minimum Gasteiger partial charge on any atom is -0.358 e. The molecule has 10 nitrogen and oxygen atoms in total. The zero-order chi connectivity index (χ0) is 18.5. The molecule has 2 aromatic heterocycles. The predicted molar refractivity (Wildman–Crippen MR) is 87.7 cm³/mol. The third-order valence-corrected chi connectivity index (χ3v) is 3.43. The van der Waals surface area contributed by atoms with E-state index in [2.05, 4.69) is 20.5 Å². The van der Waals surface area contributed by atoms with Crippen LogP contribution in [0.25, 0.3) is 0 Å². The van der Waals surface area contributed by atoms with Crippen LogP contribution >= 0.6 is 0 Å². The molecule has 1 amide bonds. The molecular weight excluding hydrogens is 345 g/mol. The number of aromatic nitrogens is 5. The van der Waals surface area contributed by atoms with Crippen molar-refractivity contribution < 1.29 is 14.1 Å². The molecule has 1 aromatic carbocycles. The maximum atomic E-state index is 12.9. The van der Waals surface area contributed by atoms with E-state index in [4.69, 9.17) is 0 Å². The van der Waals surface area contributed by atoms with Crippen LogP contribution < -0.4 is 5.32 Å². The number of carbonyl (C=O) groups is 1. The number of aryl methyl sites for hydroxylation is 1. The fourth-order valence-corrected chi connectivity index (χ4v) is 2.18. The van der Waals surface area contributed by atoms with Gasteiger partial charge in [0.25, 0.3) is 0 Å². The van der Waals surface area contributed by atoms with Gasteiger partial charge in [-0.05, 0) is 22.6 Å². The zero-order valence-electron chi connectivity index (χ0n) is 13.4. The molecule has 0 atom stereocenters. The molecule has 11 heteroatoms. The van der Waals surface area contributed by atoms with Gasteiger partial charge in [-0.15, -0.1) is 5.10 Å². The average Bonchev–Trinajstić information content (AvgIpc) is 3.25. The molecule has 0 unspecified atom stereocenters. The van der Waals surface area contributed by atoms with Crippen molar-refractivity contribution >= 4 is 17.7 Å². The summed E-state index contributed by atoms with van der Waals surface area (Å²) >= 11 is 0. The highest BCUT2D eigenvalue weighted by atomic mass is 19.1. The number of nitrogens with zero attached hydrogens (tertiary/aromatic N) is 6. The fourth-order valence-electron chi connectivity index (χ4n) is 2.18. The lowest BCUT2D eigenvalue weighted by molar-refractivity contribution is -0.389. The molecule has 0 aliphatic carbocycles. The molecule has 0 spiro atoms. The Hall–Kier alpha value is -3.63. The van der Waals surface area contributed by atoms with Crippen molar-refractivity contribution in [3.05, 3.63) is 64.4 Å². The average molecular weight is 359 g/mol. The number of nitrogens with one attached hydrogen (secondary N) is 1. The Balaban J connectivity index is 1.50. The lowest BCUT2D eigenvalue weighted by atomic mass is 10.2. The maximum absolute atomic E-state index is 12.9. The summed E-state index contributed by atoms with van der Waals surface area (Å²) in [5.74, 6) is -0.791. The first kappa shape index (κ1) is 17.2. The van der Waals surface area contributed by atoms with E-state index < -0.39 is 4.92 Å². The zero-order valence-corrected chi connectivity index (χ0v) is 13.4. The Morgan fingerprint density at radius 3 is 2.65 bits per heavy atom. The molecule has 0 aliphatic rings. The van der Waals surface area contributed by atoms with Gasteiger partial charge in [0.05, 0.1) is 30.5 Å². The van der Waals surface area contributed by atoms with Crippen molar-refractivity contribution in [2.75, 3.05) is 5.32 Å². The van der Waals surface area contributed by atoms with Crippen LogP contribution in [0, 0.1) is 15.9 Å². The van der Waals surface area contributed by atoms with E-state index in [1.54, 1.807) is 12.1 Å². The molecular formula is C15H14FN7O3. The molecule has 1 N–H and O–H groups in total. The first-order valence-electron chi connectivity index (χ1n) is 7.61. The Morgan fingerprint density at radius 2 is 1.96 bits per heavy atom. The van der Waals surface area contributed by atoms with Crippen molar-refractivity contribution in [2.45, 2.75) is 19.5 Å². The Morgan fingerprint density at radius 1 is 1.19 bits per heavy atom. The summed E-state index contributed by atoms with van der Waals surface area (Å²) in [6.45, 7) is 0.579. The van der Waals surface area contributed by atoms with Crippen LogP contribution in [0.3, 0.4) is 0 Å². The molecule has 3 rings (SSSR count). The highest BCUT2D eigenvalue weighted by Crippen LogP contribution is 2.07. The highest BCUT2D eigenvalue weighted by molar-refractivity contribution is 5.88. The summed E-state index contributed by atoms with van der Waals surface area (Å²) in [4.78, 5) is 25.9. The maximum Gasteiger partial charge on any atom is 0.389 e. The molecule has 26 heavy (non-hydrogen) atoms. The van der Waals surface area contributed by atoms with Gasteiger partial charge in [0.15, 0.2) is 0 Å². The predicted octanol–water partition coefficient (Wildman–Crippen LogP) is 1.60. The smallest absolute Gasteiger partial charge is 0.358 e. The summed E-state index contributed by atoms with van der Waals surface area (Å²) in [6.07, 6.45) is 2.95. The Bertz CT molecular complexity index is 919. The number of amides is 1. The second-order valence-electron chi connectivity index (χ2n) is 5.38. The Kier molecular flexibility index (Phi) is 4.97. The lowest BCUT2D eigenvalue weighted by Crippen LogP contribution is -2.16. The van der Waals surface area contributed by atoms with E-state index in [-0.39, 0.29) is 36.5 Å². The summed E-state index contributed by atoms with van der Waals surface area (Å²) in [5.41, 5.74) is 0.842. The minimum absolute atomic E-state index is 0.0608. The number of hydrogen-bond donors (Lipinski definition) is 1. The largest absolute Gasteiger partial charge is 0.389 e. The van der Waals surface area contributed by atoms with Gasteiger partial charge in [-0.1, -0.05) is 12.1 Å². The third-order valence-electron chi connectivity index (χ3n) is 3.43. The summed E-state index contributed by atoms with van der Waals surface area (Å²) < 4.78 is 15.7. The van der Waals surface area contributed by atoms with Crippen LogP contribution in [0.1, 0.15) is 12.0 Å². The van der Waals surface area contributed by atoms with Crippen molar-refractivity contribution in [3.8, 4) is 0 Å². The van der Waals surface area contributed by atoms with Crippen molar-refractivity contribution in [3.63, 3.8) is 0 Å². The monoisotopic (exact) mass is 359 g/mol. The molecule has 0 radical (unpaired) electrons. The molecule has 0 saturated heterocycles. The van der Waals surface area contributed by atoms with Gasteiger partial charge in [-0.2, -0.15) is 4.68 Å². The van der Waals surface area contributed by atoms with Gasteiger partial charge in [-0.3, -0.25) is 10.1 Å². The van der Waals surface area contributed by atoms with Crippen molar-refractivity contribution in [1.29, 1.82) is 0 Å². The van der Waals surface area contributed by atoms with E-state index in [1.807, 2.05) is 0 Å². The Labute approximate surface area is 146 Å². The van der Waals surface area contributed by atoms with Gasteiger partial charge in [0.2, 0.25) is 11.9 Å². The molecule has 0 aliphatic heterocycles. The summed E-state index contributed by atoms with van der Waals surface area (Å²) in [7, 11) is 0. The van der Waals surface area contributed by atoms with Crippen LogP contribution in [-0.2, 0) is 17.9 Å². The van der Waals surface area contributed by atoms with E-state index >= 15 is 0 Å². The number of carbonyl (C=O) groups excluding carboxylic acids is 1. The van der Waals surface area contributed by atoms with Crippen LogP contribution in [0.4, 0.5) is 16.2 Å². The molecule has 134 valence electrons. The van der Waals surface area contributed by atoms with Crippen LogP contribution in [-0.4, -0.2) is 35.4 Å². The summed E-state index contributed by atoms with van der Waals surface area (Å²) in [6, 6.07) is 7.25. The molecule has 0 fully saturated rings. The molecule has 0 saturated carbocycles. The van der Waals surface area contributed by atoms with Crippen LogP contribution in [0.2, 0.25) is 0 Å². The second-order valence-corrected chi connectivity index (χ2v) is 5.38.